The van der Waals surface area contributed by atoms with Crippen LogP contribution in [0.1, 0.15) is 130 Å². The normalized spacial score (nSPS) is 14.2. The summed E-state index contributed by atoms with van der Waals surface area (Å²) in [5.74, 6) is 2.04. The van der Waals surface area contributed by atoms with Crippen molar-refractivity contribution in [2.75, 3.05) is 0 Å². The van der Waals surface area contributed by atoms with E-state index in [0.717, 1.165) is 11.8 Å². The molecule has 0 spiro atoms. The number of hydrogen-bond donors (Lipinski definition) is 0. The minimum Gasteiger partial charge on any atom is -0.0654 e. The zero-order chi connectivity index (χ0) is 16.5. The van der Waals surface area contributed by atoms with Gasteiger partial charge in [-0.2, -0.15) is 0 Å². The van der Waals surface area contributed by atoms with Crippen molar-refractivity contribution in [3.63, 3.8) is 0 Å². The molecule has 0 heteroatoms. The first-order valence-corrected chi connectivity index (χ1v) is 10.8. The molecule has 2 atom stereocenters. The molecule has 2 unspecified atom stereocenters. The SMILES string of the molecule is CCCCCCC(CC)CC(CCCCC)CCCCCC. The Bertz CT molecular complexity index is 196. The fourth-order valence-corrected chi connectivity index (χ4v) is 3.74. The molecule has 0 amide bonds. The van der Waals surface area contributed by atoms with Gasteiger partial charge in [-0.1, -0.05) is 124 Å². The summed E-state index contributed by atoms with van der Waals surface area (Å²) in [7, 11) is 0. The van der Waals surface area contributed by atoms with Gasteiger partial charge in [-0.25, -0.2) is 0 Å². The highest BCUT2D eigenvalue weighted by Gasteiger charge is 2.15. The fraction of sp³-hybridized carbons (Fsp3) is 1.00. The first-order valence-electron chi connectivity index (χ1n) is 10.8. The van der Waals surface area contributed by atoms with Gasteiger partial charge >= 0.3 is 0 Å². The highest BCUT2D eigenvalue weighted by molar-refractivity contribution is 4.67. The topological polar surface area (TPSA) is 0 Å². The van der Waals surface area contributed by atoms with Gasteiger partial charge in [0.05, 0.1) is 0 Å². The van der Waals surface area contributed by atoms with Crippen molar-refractivity contribution in [1.29, 1.82) is 0 Å². The van der Waals surface area contributed by atoms with Crippen LogP contribution in [-0.4, -0.2) is 0 Å². The molecule has 134 valence electrons. The number of unbranched alkanes of at least 4 members (excludes halogenated alkanes) is 8. The zero-order valence-electron chi connectivity index (χ0n) is 16.5. The van der Waals surface area contributed by atoms with Crippen LogP contribution in [0.2, 0.25) is 0 Å². The van der Waals surface area contributed by atoms with E-state index < -0.39 is 0 Å². The third-order valence-corrected chi connectivity index (χ3v) is 5.39. The van der Waals surface area contributed by atoms with Crippen LogP contribution in [0.25, 0.3) is 0 Å². The first kappa shape index (κ1) is 22.0. The number of hydrogen-bond acceptors (Lipinski definition) is 0. The second kappa shape index (κ2) is 17.4. The number of rotatable bonds is 17. The van der Waals surface area contributed by atoms with E-state index in [9.17, 15) is 0 Å². The summed E-state index contributed by atoms with van der Waals surface area (Å²) in [6.45, 7) is 9.39. The van der Waals surface area contributed by atoms with Crippen LogP contribution in [0, 0.1) is 11.8 Å². The van der Waals surface area contributed by atoms with Gasteiger partial charge in [0, 0.05) is 0 Å². The Morgan fingerprint density at radius 2 is 0.864 bits per heavy atom. The van der Waals surface area contributed by atoms with E-state index in [0.29, 0.717) is 0 Å². The van der Waals surface area contributed by atoms with Crippen molar-refractivity contribution in [2.24, 2.45) is 11.8 Å². The summed E-state index contributed by atoms with van der Waals surface area (Å²) in [6, 6.07) is 0. The van der Waals surface area contributed by atoms with Gasteiger partial charge in [-0.15, -0.1) is 0 Å². The van der Waals surface area contributed by atoms with Crippen molar-refractivity contribution < 1.29 is 0 Å². The van der Waals surface area contributed by atoms with Gasteiger partial charge in [0.1, 0.15) is 0 Å². The average molecular weight is 311 g/mol. The van der Waals surface area contributed by atoms with E-state index in [-0.39, 0.29) is 0 Å². The van der Waals surface area contributed by atoms with Crippen molar-refractivity contribution in [2.45, 2.75) is 130 Å². The predicted octanol–water partition coefficient (Wildman–Crippen LogP) is 8.54. The van der Waals surface area contributed by atoms with Gasteiger partial charge in [-0.3, -0.25) is 0 Å². The third-order valence-electron chi connectivity index (χ3n) is 5.39. The highest BCUT2D eigenvalue weighted by Crippen LogP contribution is 2.29. The summed E-state index contributed by atoms with van der Waals surface area (Å²) in [4.78, 5) is 0. The lowest BCUT2D eigenvalue weighted by molar-refractivity contribution is 0.295. The fourth-order valence-electron chi connectivity index (χ4n) is 3.74. The molecule has 0 aliphatic rings. The van der Waals surface area contributed by atoms with Crippen LogP contribution in [-0.2, 0) is 0 Å². The maximum atomic E-state index is 2.42. The van der Waals surface area contributed by atoms with Crippen LogP contribution in [0.3, 0.4) is 0 Å². The van der Waals surface area contributed by atoms with Gasteiger partial charge in [0.2, 0.25) is 0 Å². The van der Waals surface area contributed by atoms with Gasteiger partial charge in [-0.05, 0) is 18.3 Å². The zero-order valence-corrected chi connectivity index (χ0v) is 16.5. The van der Waals surface area contributed by atoms with Crippen molar-refractivity contribution in [1.82, 2.24) is 0 Å². The molecule has 0 saturated heterocycles. The summed E-state index contributed by atoms with van der Waals surface area (Å²) in [6.07, 6.45) is 23.2. The molecule has 0 aromatic rings. The molecular formula is C22H46. The first-order chi connectivity index (χ1) is 10.8. The Morgan fingerprint density at radius 1 is 0.455 bits per heavy atom. The van der Waals surface area contributed by atoms with Crippen LogP contribution in [0.5, 0.6) is 0 Å². The van der Waals surface area contributed by atoms with Crippen LogP contribution >= 0.6 is 0 Å². The summed E-state index contributed by atoms with van der Waals surface area (Å²) in [5.41, 5.74) is 0. The highest BCUT2D eigenvalue weighted by atomic mass is 14.2. The Morgan fingerprint density at radius 3 is 1.32 bits per heavy atom. The van der Waals surface area contributed by atoms with E-state index in [1.54, 1.807) is 0 Å². The maximum Gasteiger partial charge on any atom is -0.0412 e. The molecule has 0 rings (SSSR count). The minimum atomic E-state index is 1.01. The Balaban J connectivity index is 4.06. The lowest BCUT2D eigenvalue weighted by Crippen LogP contribution is -2.09. The van der Waals surface area contributed by atoms with Gasteiger partial charge in [0.15, 0.2) is 0 Å². The standard InChI is InChI=1S/C22H46/c1-5-9-12-15-17-21(8-4)20-22(18-14-11-7-3)19-16-13-10-6-2/h21-22H,5-20H2,1-4H3. The average Bonchev–Trinajstić information content (AvgIpc) is 2.54. The third kappa shape index (κ3) is 13.6. The molecule has 0 heterocycles. The lowest BCUT2D eigenvalue weighted by Gasteiger charge is -2.23. The Labute approximate surface area is 142 Å². The van der Waals surface area contributed by atoms with Crippen LogP contribution in [0.4, 0.5) is 0 Å². The predicted molar refractivity (Wildman–Crippen MR) is 104 cm³/mol. The molecular weight excluding hydrogens is 264 g/mol. The van der Waals surface area contributed by atoms with E-state index >= 15 is 0 Å². The van der Waals surface area contributed by atoms with Gasteiger partial charge in [0.25, 0.3) is 0 Å². The second-order valence-electron chi connectivity index (χ2n) is 7.57. The molecule has 0 bridgehead atoms. The molecule has 0 fully saturated rings. The van der Waals surface area contributed by atoms with E-state index in [2.05, 4.69) is 27.7 Å². The van der Waals surface area contributed by atoms with Crippen molar-refractivity contribution >= 4 is 0 Å². The summed E-state index contributed by atoms with van der Waals surface area (Å²) < 4.78 is 0. The lowest BCUT2D eigenvalue weighted by atomic mass is 9.83. The monoisotopic (exact) mass is 310 g/mol. The summed E-state index contributed by atoms with van der Waals surface area (Å²) in [5, 5.41) is 0. The molecule has 22 heavy (non-hydrogen) atoms. The van der Waals surface area contributed by atoms with E-state index in [1.807, 2.05) is 0 Å². The smallest absolute Gasteiger partial charge is 0.0412 e. The van der Waals surface area contributed by atoms with Gasteiger partial charge < -0.3 is 0 Å². The molecule has 0 nitrogen and oxygen atoms in total. The molecule has 0 aromatic heterocycles. The quantitative estimate of drug-likeness (QED) is 0.236. The summed E-state index contributed by atoms with van der Waals surface area (Å²) >= 11 is 0. The maximum absolute atomic E-state index is 2.42. The van der Waals surface area contributed by atoms with Crippen LogP contribution in [0.15, 0.2) is 0 Å². The second-order valence-corrected chi connectivity index (χ2v) is 7.57. The molecule has 0 aliphatic heterocycles. The molecule has 0 N–H and O–H groups in total. The van der Waals surface area contributed by atoms with E-state index in [1.165, 1.54) is 103 Å². The largest absolute Gasteiger partial charge is 0.0654 e. The molecule has 0 radical (unpaired) electrons. The van der Waals surface area contributed by atoms with Crippen molar-refractivity contribution in [3.05, 3.63) is 0 Å². The van der Waals surface area contributed by atoms with E-state index in [4.69, 9.17) is 0 Å². The molecule has 0 aromatic carbocycles. The Hall–Kier alpha value is 0. The van der Waals surface area contributed by atoms with Crippen LogP contribution < -0.4 is 0 Å². The Kier molecular flexibility index (Phi) is 17.4. The molecule has 0 saturated carbocycles. The molecule has 0 aliphatic carbocycles. The van der Waals surface area contributed by atoms with Crippen molar-refractivity contribution in [3.8, 4) is 0 Å². The minimum absolute atomic E-state index is 1.01.